The smallest absolute Gasteiger partial charge is 0.358 e. The van der Waals surface area contributed by atoms with Crippen LogP contribution in [0.25, 0.3) is 0 Å². The number of aromatic nitrogens is 4. The van der Waals surface area contributed by atoms with Gasteiger partial charge in [0.2, 0.25) is 5.91 Å². The lowest BCUT2D eigenvalue weighted by Crippen LogP contribution is -2.57. The summed E-state index contributed by atoms with van der Waals surface area (Å²) in [5.41, 5.74) is 1.25. The van der Waals surface area contributed by atoms with Crippen molar-refractivity contribution in [2.75, 3.05) is 5.32 Å². The van der Waals surface area contributed by atoms with Gasteiger partial charge in [-0.3, -0.25) is 9.48 Å². The summed E-state index contributed by atoms with van der Waals surface area (Å²) in [6.07, 6.45) is 11.6. The zero-order valence-electron chi connectivity index (χ0n) is 19.6. The van der Waals surface area contributed by atoms with E-state index in [9.17, 15) is 14.9 Å². The third kappa shape index (κ3) is 4.24. The van der Waals surface area contributed by atoms with Crippen molar-refractivity contribution in [2.24, 2.45) is 17.3 Å². The number of nitrogens with zero attached hydrogens (tertiary/aromatic N) is 5. The molecule has 11 heteroatoms. The number of nitro groups is 1. The Morgan fingerprint density at radius 1 is 1.22 bits per heavy atom. The van der Waals surface area contributed by atoms with Crippen LogP contribution in [0.2, 0.25) is 5.02 Å². The van der Waals surface area contributed by atoms with E-state index in [1.54, 1.807) is 17.1 Å². The maximum atomic E-state index is 13.2. The molecule has 4 saturated carbocycles. The van der Waals surface area contributed by atoms with Gasteiger partial charge in [-0.25, -0.2) is 0 Å². The quantitative estimate of drug-likeness (QED) is 0.285. The van der Waals surface area contributed by atoms with E-state index in [0.29, 0.717) is 40.0 Å². The number of hydrogen-bond acceptors (Lipinski definition) is 5. The molecule has 4 aliphatic carbocycles. The number of rotatable bonds is 7. The highest BCUT2D eigenvalue weighted by Gasteiger charge is 2.60. The number of carbonyl (C=O) groups is 1. The maximum Gasteiger partial charge on any atom is 0.404 e. The van der Waals surface area contributed by atoms with E-state index in [4.69, 9.17) is 11.6 Å². The Kier molecular flexibility index (Phi) is 5.71. The first kappa shape index (κ1) is 23.7. The van der Waals surface area contributed by atoms with Gasteiger partial charge in [0, 0.05) is 17.6 Å². The molecule has 4 aliphatic rings. The molecule has 7 rings (SSSR count). The number of benzene rings is 1. The normalized spacial score (nSPS) is 28.4. The first-order valence-corrected chi connectivity index (χ1v) is 13.4. The van der Waals surface area contributed by atoms with Gasteiger partial charge in [0.25, 0.3) is 0 Å². The van der Waals surface area contributed by atoms with E-state index < -0.39 is 4.92 Å². The number of carbonyl (C=O) groups excluding carboxylic acids is 1. The highest BCUT2D eigenvalue weighted by atomic mass is 79.9. The van der Waals surface area contributed by atoms with Crippen LogP contribution in [0, 0.1) is 27.4 Å². The number of anilines is 1. The van der Waals surface area contributed by atoms with Crippen LogP contribution in [-0.4, -0.2) is 30.4 Å². The van der Waals surface area contributed by atoms with Crippen LogP contribution < -0.4 is 5.32 Å². The molecule has 2 atom stereocenters. The lowest BCUT2D eigenvalue weighted by atomic mass is 9.46. The van der Waals surface area contributed by atoms with Gasteiger partial charge in [-0.15, -0.1) is 0 Å². The molecule has 2 unspecified atom stereocenters. The Bertz CT molecular complexity index is 1340. The summed E-state index contributed by atoms with van der Waals surface area (Å²) in [5.74, 6) is 0.863. The second-order valence-electron chi connectivity index (χ2n) is 10.9. The molecule has 1 amide bonds. The monoisotopic (exact) mass is 572 g/mol. The fourth-order valence-electron chi connectivity index (χ4n) is 7.45. The summed E-state index contributed by atoms with van der Waals surface area (Å²) in [6, 6.07) is 7.63. The van der Waals surface area contributed by atoms with Gasteiger partial charge in [0.15, 0.2) is 0 Å². The van der Waals surface area contributed by atoms with Gasteiger partial charge in [-0.05, 0) is 88.3 Å². The van der Waals surface area contributed by atoms with Gasteiger partial charge in [0.05, 0.1) is 35.3 Å². The van der Waals surface area contributed by atoms with Crippen LogP contribution >= 0.6 is 27.5 Å². The molecule has 0 spiro atoms. The largest absolute Gasteiger partial charge is 0.404 e. The van der Waals surface area contributed by atoms with Gasteiger partial charge < -0.3 is 15.4 Å². The standard InChI is InChI=1S/C25H26BrClN6O3/c26-20-14-32(30-23(20)33(35)36)25-8-16-5-17(9-25)7-24(6-16,15-25)10-22(34)29-19-11-28-31(13-19)12-18-3-1-2-4-21(18)27/h1-4,11,13-14,16-17H,5-10,12,15H2,(H,29,34). The van der Waals surface area contributed by atoms with E-state index in [-0.39, 0.29) is 22.7 Å². The summed E-state index contributed by atoms with van der Waals surface area (Å²) >= 11 is 9.58. The number of hydrogen-bond donors (Lipinski definition) is 1. The van der Waals surface area contributed by atoms with Crippen molar-refractivity contribution in [2.45, 2.75) is 57.0 Å². The first-order valence-electron chi connectivity index (χ1n) is 12.2. The second-order valence-corrected chi connectivity index (χ2v) is 12.2. The molecular formula is C25H26BrClN6O3. The van der Waals surface area contributed by atoms with Crippen molar-refractivity contribution in [3.05, 3.63) is 68.0 Å². The van der Waals surface area contributed by atoms with Gasteiger partial charge >= 0.3 is 5.82 Å². The maximum absolute atomic E-state index is 13.2. The summed E-state index contributed by atoms with van der Waals surface area (Å²) in [6.45, 7) is 0.525. The summed E-state index contributed by atoms with van der Waals surface area (Å²) < 4.78 is 4.00. The molecule has 36 heavy (non-hydrogen) atoms. The average molecular weight is 574 g/mol. The molecule has 4 fully saturated rings. The third-order valence-corrected chi connectivity index (χ3v) is 9.13. The minimum atomic E-state index is -0.448. The SMILES string of the molecule is O=C(CC12CC3CC(C1)CC(n1cc(Br)c([N+](=O)[O-])n1)(C3)C2)Nc1cnn(Cc2ccccc2Cl)c1. The minimum absolute atomic E-state index is 0.0166. The van der Waals surface area contributed by atoms with Crippen LogP contribution in [0.4, 0.5) is 11.5 Å². The predicted molar refractivity (Wildman–Crippen MR) is 138 cm³/mol. The van der Waals surface area contributed by atoms with Crippen molar-refractivity contribution in [3.63, 3.8) is 0 Å². The van der Waals surface area contributed by atoms with Crippen LogP contribution in [0.1, 0.15) is 50.5 Å². The molecule has 4 bridgehead atoms. The predicted octanol–water partition coefficient (Wildman–Crippen LogP) is 5.78. The number of amides is 1. The minimum Gasteiger partial charge on any atom is -0.358 e. The number of nitrogens with one attached hydrogen (secondary N) is 1. The number of halogens is 2. The van der Waals surface area contributed by atoms with Crippen LogP contribution in [-0.2, 0) is 16.9 Å². The van der Waals surface area contributed by atoms with Crippen molar-refractivity contribution < 1.29 is 9.72 Å². The average Bonchev–Trinajstić information content (AvgIpc) is 3.40. The van der Waals surface area contributed by atoms with E-state index in [1.165, 1.54) is 6.42 Å². The molecule has 3 aromatic rings. The molecule has 9 nitrogen and oxygen atoms in total. The molecule has 1 N–H and O–H groups in total. The van der Waals surface area contributed by atoms with Gasteiger partial charge in [-0.1, -0.05) is 29.8 Å². The topological polar surface area (TPSA) is 108 Å². The van der Waals surface area contributed by atoms with Crippen molar-refractivity contribution in [1.82, 2.24) is 19.6 Å². The van der Waals surface area contributed by atoms with Gasteiger partial charge in [0.1, 0.15) is 4.47 Å². The zero-order valence-corrected chi connectivity index (χ0v) is 21.9. The Labute approximate surface area is 221 Å². The zero-order chi connectivity index (χ0) is 25.1. The summed E-state index contributed by atoms with van der Waals surface area (Å²) in [5, 5.41) is 23.9. The Hall–Kier alpha value is -2.72. The highest BCUT2D eigenvalue weighted by Crippen LogP contribution is 2.65. The van der Waals surface area contributed by atoms with Crippen molar-refractivity contribution in [1.29, 1.82) is 0 Å². The van der Waals surface area contributed by atoms with E-state index in [0.717, 1.165) is 37.7 Å². The van der Waals surface area contributed by atoms with Crippen LogP contribution in [0.15, 0.2) is 47.3 Å². The molecule has 0 aliphatic heterocycles. The van der Waals surface area contributed by atoms with Crippen LogP contribution in [0.5, 0.6) is 0 Å². The van der Waals surface area contributed by atoms with Crippen LogP contribution in [0.3, 0.4) is 0 Å². The Morgan fingerprint density at radius 3 is 2.67 bits per heavy atom. The molecule has 188 valence electrons. The highest BCUT2D eigenvalue weighted by molar-refractivity contribution is 9.10. The third-order valence-electron chi connectivity index (χ3n) is 8.20. The molecule has 1 aromatic carbocycles. The molecular weight excluding hydrogens is 548 g/mol. The fraction of sp³-hybridized carbons (Fsp3) is 0.480. The molecule has 2 aromatic heterocycles. The second kappa shape index (κ2) is 8.69. The van der Waals surface area contributed by atoms with E-state index in [1.807, 2.05) is 35.1 Å². The lowest BCUT2D eigenvalue weighted by Gasteiger charge is -2.61. The van der Waals surface area contributed by atoms with Crippen molar-refractivity contribution in [3.8, 4) is 0 Å². The molecule has 0 radical (unpaired) electrons. The van der Waals surface area contributed by atoms with E-state index >= 15 is 0 Å². The first-order chi connectivity index (χ1) is 17.2. The van der Waals surface area contributed by atoms with E-state index in [2.05, 4.69) is 31.4 Å². The lowest BCUT2D eigenvalue weighted by molar-refractivity contribution is -0.390. The summed E-state index contributed by atoms with van der Waals surface area (Å²) in [4.78, 5) is 24.2. The Balaban J connectivity index is 1.17. The van der Waals surface area contributed by atoms with Gasteiger partial charge in [-0.2, -0.15) is 9.78 Å². The molecule has 0 saturated heterocycles. The molecule has 2 heterocycles. The fourth-order valence-corrected chi connectivity index (χ4v) is 8.06. The Morgan fingerprint density at radius 2 is 1.97 bits per heavy atom. The van der Waals surface area contributed by atoms with Crippen molar-refractivity contribution >= 4 is 44.9 Å². The summed E-state index contributed by atoms with van der Waals surface area (Å²) in [7, 11) is 0.